The van der Waals surface area contributed by atoms with E-state index >= 15 is 0 Å². The monoisotopic (exact) mass is 265 g/mol. The summed E-state index contributed by atoms with van der Waals surface area (Å²) in [7, 11) is 0. The van der Waals surface area contributed by atoms with Gasteiger partial charge >= 0.3 is 5.97 Å². The summed E-state index contributed by atoms with van der Waals surface area (Å²) in [6.45, 7) is 2.16. The quantitative estimate of drug-likeness (QED) is 0.631. The van der Waals surface area contributed by atoms with Crippen molar-refractivity contribution >= 4 is 18.0 Å². The van der Waals surface area contributed by atoms with Gasteiger partial charge in [0, 0.05) is 12.6 Å². The van der Waals surface area contributed by atoms with Crippen LogP contribution in [0, 0.1) is 5.82 Å². The zero-order chi connectivity index (χ0) is 14.1. The molecule has 0 aromatic heterocycles. The zero-order valence-electron chi connectivity index (χ0n) is 10.7. The number of benzene rings is 1. The van der Waals surface area contributed by atoms with E-state index in [4.69, 9.17) is 4.74 Å². The van der Waals surface area contributed by atoms with Crippen LogP contribution in [0.5, 0.6) is 0 Å². The summed E-state index contributed by atoms with van der Waals surface area (Å²) in [4.78, 5) is 22.5. The smallest absolute Gasteiger partial charge is 0.331 e. The minimum absolute atomic E-state index is 0.313. The van der Waals surface area contributed by atoms with Gasteiger partial charge in [0.15, 0.2) is 6.61 Å². The Morgan fingerprint density at radius 2 is 2.21 bits per heavy atom. The number of carbonyl (C=O) groups excluding carboxylic acids is 2. The maximum Gasteiger partial charge on any atom is 0.331 e. The second-order valence-electron chi connectivity index (χ2n) is 3.85. The SMILES string of the molecule is CCCNC(=O)COC(=O)/C=C/c1cccc(F)c1. The lowest BCUT2D eigenvalue weighted by Gasteiger charge is -2.03. The fourth-order valence-corrected chi connectivity index (χ4v) is 1.27. The first-order valence-electron chi connectivity index (χ1n) is 5.99. The van der Waals surface area contributed by atoms with Crippen molar-refractivity contribution in [3.05, 3.63) is 41.7 Å². The van der Waals surface area contributed by atoms with Crippen LogP contribution < -0.4 is 5.32 Å². The lowest BCUT2D eigenvalue weighted by molar-refractivity contribution is -0.143. The molecular weight excluding hydrogens is 249 g/mol. The molecule has 0 heterocycles. The van der Waals surface area contributed by atoms with Gasteiger partial charge in [0.25, 0.3) is 5.91 Å². The average molecular weight is 265 g/mol. The van der Waals surface area contributed by atoms with Gasteiger partial charge < -0.3 is 10.1 Å². The Balaban J connectivity index is 2.37. The van der Waals surface area contributed by atoms with Crippen LogP contribution in [0.4, 0.5) is 4.39 Å². The number of hydrogen-bond acceptors (Lipinski definition) is 3. The Morgan fingerprint density at radius 3 is 2.89 bits per heavy atom. The molecule has 0 aliphatic heterocycles. The highest BCUT2D eigenvalue weighted by atomic mass is 19.1. The third-order valence-electron chi connectivity index (χ3n) is 2.18. The lowest BCUT2D eigenvalue weighted by Crippen LogP contribution is -2.28. The lowest BCUT2D eigenvalue weighted by atomic mass is 10.2. The average Bonchev–Trinajstić information content (AvgIpc) is 2.40. The van der Waals surface area contributed by atoms with Crippen molar-refractivity contribution in [2.75, 3.05) is 13.2 Å². The number of ether oxygens (including phenoxy) is 1. The van der Waals surface area contributed by atoms with Crippen molar-refractivity contribution < 1.29 is 18.7 Å². The predicted octanol–water partition coefficient (Wildman–Crippen LogP) is 1.91. The molecule has 0 aliphatic rings. The summed E-state index contributed by atoms with van der Waals surface area (Å²) in [5.74, 6) is -1.36. The zero-order valence-corrected chi connectivity index (χ0v) is 10.7. The van der Waals surface area contributed by atoms with Crippen molar-refractivity contribution in [2.45, 2.75) is 13.3 Å². The topological polar surface area (TPSA) is 55.4 Å². The van der Waals surface area contributed by atoms with E-state index in [1.807, 2.05) is 6.92 Å². The second kappa shape index (κ2) is 8.02. The fraction of sp³-hybridized carbons (Fsp3) is 0.286. The van der Waals surface area contributed by atoms with Gasteiger partial charge in [0.05, 0.1) is 0 Å². The van der Waals surface area contributed by atoms with Gasteiger partial charge in [-0.25, -0.2) is 9.18 Å². The third kappa shape index (κ3) is 6.35. The molecule has 0 bridgehead atoms. The summed E-state index contributed by atoms with van der Waals surface area (Å²) >= 11 is 0. The Bertz CT molecular complexity index is 472. The van der Waals surface area contributed by atoms with E-state index in [0.717, 1.165) is 12.5 Å². The molecule has 1 N–H and O–H groups in total. The summed E-state index contributed by atoms with van der Waals surface area (Å²) in [6.07, 6.45) is 3.40. The fourth-order valence-electron chi connectivity index (χ4n) is 1.27. The maximum atomic E-state index is 12.9. The van der Waals surface area contributed by atoms with Crippen molar-refractivity contribution in [1.82, 2.24) is 5.32 Å². The molecule has 102 valence electrons. The van der Waals surface area contributed by atoms with Crippen molar-refractivity contribution in [2.24, 2.45) is 0 Å². The maximum absolute atomic E-state index is 12.9. The molecule has 1 amide bonds. The molecule has 0 spiro atoms. The van der Waals surface area contributed by atoms with Gasteiger partial charge in [-0.3, -0.25) is 4.79 Å². The van der Waals surface area contributed by atoms with Crippen molar-refractivity contribution in [3.8, 4) is 0 Å². The predicted molar refractivity (Wildman–Crippen MR) is 69.7 cm³/mol. The van der Waals surface area contributed by atoms with Crippen molar-refractivity contribution in [1.29, 1.82) is 0 Å². The number of rotatable bonds is 6. The Labute approximate surface area is 111 Å². The molecule has 0 radical (unpaired) electrons. The molecule has 1 aromatic rings. The second-order valence-corrected chi connectivity index (χ2v) is 3.85. The summed E-state index contributed by atoms with van der Waals surface area (Å²) in [5, 5.41) is 2.58. The highest BCUT2D eigenvalue weighted by Crippen LogP contribution is 2.05. The van der Waals surface area contributed by atoms with E-state index in [-0.39, 0.29) is 18.3 Å². The first-order chi connectivity index (χ1) is 9.11. The Hall–Kier alpha value is -2.17. The van der Waals surface area contributed by atoms with Crippen LogP contribution in [0.3, 0.4) is 0 Å². The summed E-state index contributed by atoms with van der Waals surface area (Å²) in [6, 6.07) is 5.80. The minimum atomic E-state index is -0.643. The molecule has 0 atom stereocenters. The molecule has 4 nitrogen and oxygen atoms in total. The largest absolute Gasteiger partial charge is 0.452 e. The van der Waals surface area contributed by atoms with Gasteiger partial charge in [-0.15, -0.1) is 0 Å². The van der Waals surface area contributed by atoms with Crippen LogP contribution in [-0.2, 0) is 14.3 Å². The molecule has 1 aromatic carbocycles. The van der Waals surface area contributed by atoms with Crippen molar-refractivity contribution in [3.63, 3.8) is 0 Å². The molecule has 0 aliphatic carbocycles. The third-order valence-corrected chi connectivity index (χ3v) is 2.18. The van der Waals surface area contributed by atoms with Crippen LogP contribution in [0.2, 0.25) is 0 Å². The molecule has 0 fully saturated rings. The van der Waals surface area contributed by atoms with Gasteiger partial charge in [0.1, 0.15) is 5.82 Å². The molecule has 0 saturated carbocycles. The van der Waals surface area contributed by atoms with Crippen LogP contribution in [0.15, 0.2) is 30.3 Å². The van der Waals surface area contributed by atoms with E-state index in [9.17, 15) is 14.0 Å². The number of hydrogen-bond donors (Lipinski definition) is 1. The molecule has 0 saturated heterocycles. The van der Waals surface area contributed by atoms with Crippen LogP contribution in [0.1, 0.15) is 18.9 Å². The Morgan fingerprint density at radius 1 is 1.42 bits per heavy atom. The van der Waals surface area contributed by atoms with Crippen LogP contribution >= 0.6 is 0 Å². The van der Waals surface area contributed by atoms with Gasteiger partial charge in [-0.1, -0.05) is 19.1 Å². The number of amides is 1. The summed E-state index contributed by atoms with van der Waals surface area (Å²) in [5.41, 5.74) is 0.549. The first-order valence-corrected chi connectivity index (χ1v) is 5.99. The van der Waals surface area contributed by atoms with Gasteiger partial charge in [-0.05, 0) is 30.2 Å². The summed E-state index contributed by atoms with van der Waals surface area (Å²) < 4.78 is 17.6. The van der Waals surface area contributed by atoms with Gasteiger partial charge in [-0.2, -0.15) is 0 Å². The molecule has 0 unspecified atom stereocenters. The number of nitrogens with one attached hydrogen (secondary N) is 1. The standard InChI is InChI=1S/C14H16FNO3/c1-2-8-16-13(17)10-19-14(18)7-6-11-4-3-5-12(15)9-11/h3-7,9H,2,8,10H2,1H3,(H,16,17)/b7-6+. The molecular formula is C14H16FNO3. The van der Waals surface area contributed by atoms with Crippen LogP contribution in [-0.4, -0.2) is 25.0 Å². The van der Waals surface area contributed by atoms with E-state index in [2.05, 4.69) is 5.32 Å². The minimum Gasteiger partial charge on any atom is -0.452 e. The molecule has 1 rings (SSSR count). The van der Waals surface area contributed by atoms with E-state index in [1.54, 1.807) is 12.1 Å². The first kappa shape index (κ1) is 14.9. The van der Waals surface area contributed by atoms with Gasteiger partial charge in [0.2, 0.25) is 0 Å². The van der Waals surface area contributed by atoms with E-state index in [0.29, 0.717) is 12.1 Å². The number of esters is 1. The number of carbonyl (C=O) groups is 2. The number of halogens is 1. The van der Waals surface area contributed by atoms with Crippen LogP contribution in [0.25, 0.3) is 6.08 Å². The highest BCUT2D eigenvalue weighted by molar-refractivity contribution is 5.89. The molecule has 5 heteroatoms. The highest BCUT2D eigenvalue weighted by Gasteiger charge is 2.03. The van der Waals surface area contributed by atoms with E-state index < -0.39 is 5.97 Å². The Kier molecular flexibility index (Phi) is 6.29. The van der Waals surface area contributed by atoms with E-state index in [1.165, 1.54) is 18.2 Å². The molecule has 19 heavy (non-hydrogen) atoms. The normalized spacial score (nSPS) is 10.4.